The fourth-order valence-corrected chi connectivity index (χ4v) is 4.06. The predicted molar refractivity (Wildman–Crippen MR) is 113 cm³/mol. The van der Waals surface area contributed by atoms with Gasteiger partial charge in [-0.15, -0.1) is 0 Å². The predicted octanol–water partition coefficient (Wildman–Crippen LogP) is 1.48. The Kier molecular flexibility index (Phi) is 5.85. The standard InChI is InChI=1S/C21H27N5O4/c1-2-3-4-12-5-7-14(8-6-12)23-21-24-19-16(20(30)25-21)22-11-26(19)15-9-13(10-27)17(28)18(15)29/h5-8,11,13,15,17-18,27-29H,2-4,9-10H2,1H3,(H2,23,24,25,30)/t13-,15-,17-,18-/m1/s1. The van der Waals surface area contributed by atoms with Crippen molar-refractivity contribution in [2.24, 2.45) is 5.92 Å². The zero-order chi connectivity index (χ0) is 21.3. The van der Waals surface area contributed by atoms with Crippen molar-refractivity contribution in [2.45, 2.75) is 50.9 Å². The number of H-pyrrole nitrogens is 1. The second-order valence-corrected chi connectivity index (χ2v) is 7.89. The van der Waals surface area contributed by atoms with E-state index in [-0.39, 0.29) is 18.1 Å². The number of aromatic amines is 1. The molecule has 4 atom stereocenters. The second kappa shape index (κ2) is 8.55. The Morgan fingerprint density at radius 3 is 2.67 bits per heavy atom. The minimum absolute atomic E-state index is 0.157. The van der Waals surface area contributed by atoms with Gasteiger partial charge in [-0.25, -0.2) is 4.98 Å². The lowest BCUT2D eigenvalue weighted by Gasteiger charge is -2.18. The molecule has 0 spiro atoms. The molecule has 160 valence electrons. The Morgan fingerprint density at radius 1 is 1.23 bits per heavy atom. The van der Waals surface area contributed by atoms with E-state index in [1.54, 1.807) is 4.57 Å². The van der Waals surface area contributed by atoms with Gasteiger partial charge in [-0.3, -0.25) is 9.78 Å². The fraction of sp³-hybridized carbons (Fsp3) is 0.476. The minimum atomic E-state index is -1.08. The first-order valence-corrected chi connectivity index (χ1v) is 10.3. The van der Waals surface area contributed by atoms with Gasteiger partial charge in [0.05, 0.1) is 18.5 Å². The molecule has 0 unspecified atom stereocenters. The van der Waals surface area contributed by atoms with Crippen molar-refractivity contribution in [3.8, 4) is 0 Å². The van der Waals surface area contributed by atoms with E-state index in [0.717, 1.165) is 24.9 Å². The Morgan fingerprint density at radius 2 is 2.00 bits per heavy atom. The number of unbranched alkanes of at least 4 members (excludes halogenated alkanes) is 1. The number of benzene rings is 1. The topological polar surface area (TPSA) is 136 Å². The van der Waals surface area contributed by atoms with Gasteiger partial charge in [0, 0.05) is 18.2 Å². The van der Waals surface area contributed by atoms with Crippen LogP contribution in [-0.2, 0) is 6.42 Å². The van der Waals surface area contributed by atoms with Crippen LogP contribution in [0, 0.1) is 5.92 Å². The number of nitrogens with zero attached hydrogens (tertiary/aromatic N) is 3. The van der Waals surface area contributed by atoms with Crippen LogP contribution in [0.4, 0.5) is 11.6 Å². The average molecular weight is 413 g/mol. The first-order valence-electron chi connectivity index (χ1n) is 10.3. The zero-order valence-corrected chi connectivity index (χ0v) is 16.8. The number of hydrogen-bond donors (Lipinski definition) is 5. The van der Waals surface area contributed by atoms with E-state index in [4.69, 9.17) is 0 Å². The summed E-state index contributed by atoms with van der Waals surface area (Å²) in [6, 6.07) is 7.45. The summed E-state index contributed by atoms with van der Waals surface area (Å²) >= 11 is 0. The zero-order valence-electron chi connectivity index (χ0n) is 16.8. The summed E-state index contributed by atoms with van der Waals surface area (Å²) in [7, 11) is 0. The van der Waals surface area contributed by atoms with Gasteiger partial charge in [0.25, 0.3) is 5.56 Å². The van der Waals surface area contributed by atoms with Gasteiger partial charge in [0.15, 0.2) is 11.2 Å². The van der Waals surface area contributed by atoms with E-state index in [2.05, 4.69) is 27.2 Å². The number of fused-ring (bicyclic) bond motifs is 1. The van der Waals surface area contributed by atoms with Crippen molar-refractivity contribution in [1.29, 1.82) is 0 Å². The van der Waals surface area contributed by atoms with Crippen LogP contribution in [-0.4, -0.2) is 53.7 Å². The molecule has 3 aromatic rings. The summed E-state index contributed by atoms with van der Waals surface area (Å²) in [6.07, 6.45) is 3.00. The highest BCUT2D eigenvalue weighted by Gasteiger charge is 2.42. The molecule has 0 saturated heterocycles. The molecule has 2 aromatic heterocycles. The van der Waals surface area contributed by atoms with Crippen molar-refractivity contribution in [3.63, 3.8) is 0 Å². The van der Waals surface area contributed by atoms with Crippen molar-refractivity contribution in [3.05, 3.63) is 46.5 Å². The molecule has 5 N–H and O–H groups in total. The van der Waals surface area contributed by atoms with Gasteiger partial charge < -0.3 is 25.2 Å². The van der Waals surface area contributed by atoms with Gasteiger partial charge in [-0.2, -0.15) is 4.98 Å². The first-order chi connectivity index (χ1) is 14.5. The van der Waals surface area contributed by atoms with Crippen molar-refractivity contribution < 1.29 is 15.3 Å². The SMILES string of the molecule is CCCCc1ccc(Nc2nc3c(ncn3[C@@H]3C[C@H](CO)[C@@H](O)[C@@H]3O)c(=O)[nH]2)cc1. The number of rotatable bonds is 7. The largest absolute Gasteiger partial charge is 0.396 e. The molecule has 9 heteroatoms. The third kappa shape index (κ3) is 3.83. The molecule has 2 heterocycles. The Bertz CT molecular complexity index is 1060. The highest BCUT2D eigenvalue weighted by molar-refractivity contribution is 5.72. The normalized spacial score (nSPS) is 23.9. The monoisotopic (exact) mass is 413 g/mol. The summed E-state index contributed by atoms with van der Waals surface area (Å²) in [5.41, 5.74) is 2.12. The van der Waals surface area contributed by atoms with Gasteiger partial charge in [0.1, 0.15) is 6.10 Å². The fourth-order valence-electron chi connectivity index (χ4n) is 4.06. The lowest BCUT2D eigenvalue weighted by atomic mass is 10.1. The Balaban J connectivity index is 1.62. The van der Waals surface area contributed by atoms with Crippen LogP contribution < -0.4 is 10.9 Å². The maximum Gasteiger partial charge on any atom is 0.280 e. The summed E-state index contributed by atoms with van der Waals surface area (Å²) < 4.78 is 1.60. The van der Waals surface area contributed by atoms with Crippen LogP contribution in [0.1, 0.15) is 37.8 Å². The molecule has 1 aromatic carbocycles. The van der Waals surface area contributed by atoms with Gasteiger partial charge in [0.2, 0.25) is 5.95 Å². The molecule has 30 heavy (non-hydrogen) atoms. The van der Waals surface area contributed by atoms with Crippen LogP contribution >= 0.6 is 0 Å². The van der Waals surface area contributed by atoms with Gasteiger partial charge in [-0.05, 0) is 37.0 Å². The molecule has 1 fully saturated rings. The highest BCUT2D eigenvalue weighted by atomic mass is 16.3. The van der Waals surface area contributed by atoms with Crippen LogP contribution in [0.3, 0.4) is 0 Å². The highest BCUT2D eigenvalue weighted by Crippen LogP contribution is 2.36. The van der Waals surface area contributed by atoms with Gasteiger partial charge >= 0.3 is 0 Å². The van der Waals surface area contributed by atoms with E-state index in [1.165, 1.54) is 11.9 Å². The Labute approximate surface area is 173 Å². The van der Waals surface area contributed by atoms with E-state index < -0.39 is 29.7 Å². The number of anilines is 2. The van der Waals surface area contributed by atoms with E-state index in [1.807, 2.05) is 24.3 Å². The summed E-state index contributed by atoms with van der Waals surface area (Å²) in [4.78, 5) is 23.8. The third-order valence-electron chi connectivity index (χ3n) is 5.83. The molecular formula is C21H27N5O4. The molecule has 0 amide bonds. The molecule has 0 aliphatic heterocycles. The maximum absolute atomic E-state index is 12.5. The van der Waals surface area contributed by atoms with Crippen LogP contribution in [0.2, 0.25) is 0 Å². The summed E-state index contributed by atoms with van der Waals surface area (Å²) in [6.45, 7) is 1.93. The number of hydrogen-bond acceptors (Lipinski definition) is 7. The van der Waals surface area contributed by atoms with Crippen molar-refractivity contribution >= 4 is 22.8 Å². The number of aliphatic hydroxyl groups is 3. The van der Waals surface area contributed by atoms with Gasteiger partial charge in [-0.1, -0.05) is 25.5 Å². The lowest BCUT2D eigenvalue weighted by molar-refractivity contribution is -0.00370. The van der Waals surface area contributed by atoms with E-state index in [0.29, 0.717) is 12.1 Å². The molecular weight excluding hydrogens is 386 g/mol. The maximum atomic E-state index is 12.5. The number of aryl methyl sites for hydroxylation is 1. The van der Waals surface area contributed by atoms with Crippen LogP contribution in [0.15, 0.2) is 35.4 Å². The quantitative estimate of drug-likeness (QED) is 0.396. The second-order valence-electron chi connectivity index (χ2n) is 7.89. The Hall–Kier alpha value is -2.75. The number of imidazole rings is 1. The van der Waals surface area contributed by atoms with Crippen molar-refractivity contribution in [1.82, 2.24) is 19.5 Å². The minimum Gasteiger partial charge on any atom is -0.396 e. The molecule has 1 aliphatic carbocycles. The first kappa shape index (κ1) is 20.5. The molecule has 0 bridgehead atoms. The summed E-state index contributed by atoms with van der Waals surface area (Å²) in [5.74, 6) is -0.171. The van der Waals surface area contributed by atoms with E-state index in [9.17, 15) is 20.1 Å². The average Bonchev–Trinajstić information content (AvgIpc) is 3.29. The summed E-state index contributed by atoms with van der Waals surface area (Å²) in [5, 5.41) is 33.1. The van der Waals surface area contributed by atoms with Crippen LogP contribution in [0.25, 0.3) is 11.2 Å². The number of aliphatic hydroxyl groups excluding tert-OH is 3. The molecule has 9 nitrogen and oxygen atoms in total. The molecule has 0 radical (unpaired) electrons. The number of nitrogens with one attached hydrogen (secondary N) is 2. The van der Waals surface area contributed by atoms with E-state index >= 15 is 0 Å². The third-order valence-corrected chi connectivity index (χ3v) is 5.83. The lowest BCUT2D eigenvalue weighted by Crippen LogP contribution is -2.30. The molecule has 1 aliphatic rings. The molecule has 4 rings (SSSR count). The van der Waals surface area contributed by atoms with Crippen LogP contribution in [0.5, 0.6) is 0 Å². The van der Waals surface area contributed by atoms with Crippen molar-refractivity contribution in [2.75, 3.05) is 11.9 Å². The molecule has 1 saturated carbocycles. The smallest absolute Gasteiger partial charge is 0.280 e. The number of aromatic nitrogens is 4.